The number of amides is 2. The molecule has 0 aliphatic carbocycles. The molecule has 2 atom stereocenters. The van der Waals surface area contributed by atoms with Crippen molar-refractivity contribution in [2.75, 3.05) is 7.05 Å². The maximum atomic E-state index is 12.5. The maximum Gasteiger partial charge on any atom is 0.326 e. The van der Waals surface area contributed by atoms with E-state index in [9.17, 15) is 19.5 Å². The number of rotatable bonds is 7. The summed E-state index contributed by atoms with van der Waals surface area (Å²) in [5.74, 6) is -1.89. The molecular weight excluding hydrogens is 340 g/mol. The molecule has 0 saturated carbocycles. The fourth-order valence-corrected chi connectivity index (χ4v) is 3.05. The predicted molar refractivity (Wildman–Crippen MR) is 95.6 cm³/mol. The van der Waals surface area contributed by atoms with Gasteiger partial charge in [0.1, 0.15) is 12.1 Å². The van der Waals surface area contributed by atoms with Crippen LogP contribution in [0.15, 0.2) is 47.8 Å². The molecule has 0 spiro atoms. The number of benzene rings is 1. The van der Waals surface area contributed by atoms with Crippen LogP contribution in [-0.4, -0.2) is 46.9 Å². The minimum Gasteiger partial charge on any atom is -0.480 e. The smallest absolute Gasteiger partial charge is 0.326 e. The summed E-state index contributed by atoms with van der Waals surface area (Å²) in [6.07, 6.45) is 0.198. The molecule has 6 nitrogen and oxygen atoms in total. The SMILES string of the molecule is CC(NC(=O)c1cccs1)C(=O)N(C)C(Cc1ccccc1)C(=O)O. The first-order chi connectivity index (χ1) is 11.9. The van der Waals surface area contributed by atoms with E-state index in [1.54, 1.807) is 24.4 Å². The summed E-state index contributed by atoms with van der Waals surface area (Å²) >= 11 is 1.28. The number of carbonyl (C=O) groups is 3. The first kappa shape index (κ1) is 18.7. The third-order valence-corrected chi connectivity index (χ3v) is 4.70. The summed E-state index contributed by atoms with van der Waals surface area (Å²) in [4.78, 5) is 37.9. The molecule has 0 saturated heterocycles. The number of nitrogens with zero attached hydrogens (tertiary/aromatic N) is 1. The molecule has 7 heteroatoms. The molecule has 1 aromatic carbocycles. The molecule has 1 heterocycles. The Balaban J connectivity index is 2.04. The largest absolute Gasteiger partial charge is 0.480 e. The second-order valence-electron chi connectivity index (χ2n) is 5.67. The number of hydrogen-bond donors (Lipinski definition) is 2. The molecule has 2 amide bonds. The van der Waals surface area contributed by atoms with Gasteiger partial charge in [-0.3, -0.25) is 9.59 Å². The van der Waals surface area contributed by atoms with Gasteiger partial charge in [-0.05, 0) is 23.9 Å². The number of aliphatic carboxylic acids is 1. The van der Waals surface area contributed by atoms with Gasteiger partial charge in [-0.2, -0.15) is 0 Å². The van der Waals surface area contributed by atoms with Crippen LogP contribution in [0.2, 0.25) is 0 Å². The highest BCUT2D eigenvalue weighted by Gasteiger charge is 2.30. The summed E-state index contributed by atoms with van der Waals surface area (Å²) < 4.78 is 0. The molecule has 0 radical (unpaired) electrons. The number of nitrogens with one attached hydrogen (secondary N) is 1. The lowest BCUT2D eigenvalue weighted by molar-refractivity contribution is -0.149. The third-order valence-electron chi connectivity index (χ3n) is 3.84. The van der Waals surface area contributed by atoms with Gasteiger partial charge in [0.2, 0.25) is 5.91 Å². The topological polar surface area (TPSA) is 86.7 Å². The van der Waals surface area contributed by atoms with Gasteiger partial charge in [-0.15, -0.1) is 11.3 Å². The zero-order valence-corrected chi connectivity index (χ0v) is 14.8. The fraction of sp³-hybridized carbons (Fsp3) is 0.278. The minimum absolute atomic E-state index is 0.198. The summed E-state index contributed by atoms with van der Waals surface area (Å²) in [7, 11) is 1.44. The van der Waals surface area contributed by atoms with Gasteiger partial charge in [0.25, 0.3) is 5.91 Å². The van der Waals surface area contributed by atoms with Crippen molar-refractivity contribution in [3.8, 4) is 0 Å². The number of carboxylic acids is 1. The van der Waals surface area contributed by atoms with E-state index in [4.69, 9.17) is 0 Å². The Labute approximate surface area is 150 Å². The predicted octanol–water partition coefficient (Wildman–Crippen LogP) is 2.02. The molecule has 0 bridgehead atoms. The summed E-state index contributed by atoms with van der Waals surface area (Å²) in [5.41, 5.74) is 0.824. The van der Waals surface area contributed by atoms with Crippen LogP contribution in [0.3, 0.4) is 0 Å². The van der Waals surface area contributed by atoms with Gasteiger partial charge >= 0.3 is 5.97 Å². The van der Waals surface area contributed by atoms with E-state index in [1.807, 2.05) is 30.3 Å². The molecule has 132 valence electrons. The Morgan fingerprint density at radius 1 is 1.16 bits per heavy atom. The number of carboxylic acid groups (broad SMARTS) is 1. The summed E-state index contributed by atoms with van der Waals surface area (Å²) in [5, 5.41) is 13.9. The van der Waals surface area contributed by atoms with Gasteiger partial charge in [0, 0.05) is 13.5 Å². The van der Waals surface area contributed by atoms with Gasteiger partial charge in [0.15, 0.2) is 0 Å². The first-order valence-corrected chi connectivity index (χ1v) is 8.66. The lowest BCUT2D eigenvalue weighted by Crippen LogP contribution is -2.51. The van der Waals surface area contributed by atoms with Crippen LogP contribution >= 0.6 is 11.3 Å². The van der Waals surface area contributed by atoms with Crippen molar-refractivity contribution in [2.24, 2.45) is 0 Å². The van der Waals surface area contributed by atoms with Crippen LogP contribution in [0.1, 0.15) is 22.2 Å². The van der Waals surface area contributed by atoms with Crippen LogP contribution in [0.25, 0.3) is 0 Å². The third kappa shape index (κ3) is 4.90. The van der Waals surface area contributed by atoms with E-state index in [1.165, 1.54) is 23.3 Å². The average Bonchev–Trinajstić information content (AvgIpc) is 3.13. The molecule has 2 N–H and O–H groups in total. The van der Waals surface area contributed by atoms with Crippen LogP contribution in [0.5, 0.6) is 0 Å². The normalized spacial score (nSPS) is 12.9. The van der Waals surface area contributed by atoms with Crippen molar-refractivity contribution in [3.05, 3.63) is 58.3 Å². The van der Waals surface area contributed by atoms with Gasteiger partial charge in [0.05, 0.1) is 4.88 Å². The van der Waals surface area contributed by atoms with Crippen molar-refractivity contribution < 1.29 is 19.5 Å². The minimum atomic E-state index is -1.09. The van der Waals surface area contributed by atoms with E-state index >= 15 is 0 Å². The molecule has 0 aliphatic rings. The highest BCUT2D eigenvalue weighted by atomic mass is 32.1. The van der Waals surface area contributed by atoms with Crippen LogP contribution in [0.4, 0.5) is 0 Å². The Morgan fingerprint density at radius 2 is 1.84 bits per heavy atom. The number of carbonyl (C=O) groups excluding carboxylic acids is 2. The molecule has 1 aromatic heterocycles. The molecule has 2 rings (SSSR count). The molecular formula is C18H20N2O4S. The second kappa shape index (κ2) is 8.43. The highest BCUT2D eigenvalue weighted by molar-refractivity contribution is 7.12. The Kier molecular flexibility index (Phi) is 6.30. The van der Waals surface area contributed by atoms with E-state index in [-0.39, 0.29) is 12.3 Å². The van der Waals surface area contributed by atoms with E-state index in [2.05, 4.69) is 5.32 Å². The standard InChI is InChI=1S/C18H20N2O4S/c1-12(19-16(21)15-9-6-10-25-15)17(22)20(2)14(18(23)24)11-13-7-4-3-5-8-13/h3-10,12,14H,11H2,1-2H3,(H,19,21)(H,23,24). The molecule has 2 unspecified atom stereocenters. The number of likely N-dealkylation sites (N-methyl/N-ethyl adjacent to an activating group) is 1. The van der Waals surface area contributed by atoms with E-state index in [0.717, 1.165) is 5.56 Å². The van der Waals surface area contributed by atoms with Crippen molar-refractivity contribution in [3.63, 3.8) is 0 Å². The summed E-state index contributed by atoms with van der Waals surface area (Å²) in [6.45, 7) is 1.55. The van der Waals surface area contributed by atoms with Crippen LogP contribution < -0.4 is 5.32 Å². The Hall–Kier alpha value is -2.67. The maximum absolute atomic E-state index is 12.5. The van der Waals surface area contributed by atoms with Gasteiger partial charge < -0.3 is 15.3 Å². The first-order valence-electron chi connectivity index (χ1n) is 7.78. The van der Waals surface area contributed by atoms with Gasteiger partial charge in [-0.1, -0.05) is 36.4 Å². The monoisotopic (exact) mass is 360 g/mol. The lowest BCUT2D eigenvalue weighted by Gasteiger charge is -2.27. The quantitative estimate of drug-likeness (QED) is 0.791. The second-order valence-corrected chi connectivity index (χ2v) is 6.61. The molecule has 0 aliphatic heterocycles. The van der Waals surface area contributed by atoms with Crippen molar-refractivity contribution in [1.82, 2.24) is 10.2 Å². The zero-order valence-electron chi connectivity index (χ0n) is 14.0. The van der Waals surface area contributed by atoms with E-state index < -0.39 is 24.0 Å². The molecule has 25 heavy (non-hydrogen) atoms. The fourth-order valence-electron chi connectivity index (χ4n) is 2.42. The lowest BCUT2D eigenvalue weighted by atomic mass is 10.0. The number of hydrogen-bond acceptors (Lipinski definition) is 4. The highest BCUT2D eigenvalue weighted by Crippen LogP contribution is 2.11. The van der Waals surface area contributed by atoms with Crippen molar-refractivity contribution >= 4 is 29.1 Å². The van der Waals surface area contributed by atoms with Crippen LogP contribution in [-0.2, 0) is 16.0 Å². The zero-order chi connectivity index (χ0) is 18.4. The van der Waals surface area contributed by atoms with Gasteiger partial charge in [-0.25, -0.2) is 4.79 Å². The van der Waals surface area contributed by atoms with E-state index in [0.29, 0.717) is 4.88 Å². The van der Waals surface area contributed by atoms with Crippen molar-refractivity contribution in [2.45, 2.75) is 25.4 Å². The average molecular weight is 360 g/mol. The molecule has 0 fully saturated rings. The number of thiophene rings is 1. The van der Waals surface area contributed by atoms with Crippen LogP contribution in [0, 0.1) is 0 Å². The van der Waals surface area contributed by atoms with Crippen molar-refractivity contribution in [1.29, 1.82) is 0 Å². The molecule has 2 aromatic rings. The summed E-state index contributed by atoms with van der Waals surface area (Å²) in [6, 6.07) is 10.7. The Morgan fingerprint density at radius 3 is 2.40 bits per heavy atom. The Bertz CT molecular complexity index is 731.